The van der Waals surface area contributed by atoms with E-state index in [1.165, 1.54) is 25.2 Å². The lowest BCUT2D eigenvalue weighted by Gasteiger charge is -2.16. The second-order valence-corrected chi connectivity index (χ2v) is 7.33. The van der Waals surface area contributed by atoms with Gasteiger partial charge in [-0.3, -0.25) is 4.99 Å². The van der Waals surface area contributed by atoms with E-state index in [2.05, 4.69) is 15.6 Å². The number of halogens is 4. The van der Waals surface area contributed by atoms with E-state index in [1.54, 1.807) is 6.07 Å². The number of rotatable bonds is 5. The minimum Gasteiger partial charge on any atom is -0.352 e. The summed E-state index contributed by atoms with van der Waals surface area (Å²) in [4.78, 5) is 3.84. The average Bonchev–Trinajstić information content (AvgIpc) is 2.61. The molecule has 0 unspecified atom stereocenters. The first-order valence-corrected chi connectivity index (χ1v) is 9.47. The topological polar surface area (TPSA) is 96.6 Å². The lowest BCUT2D eigenvalue weighted by Crippen LogP contribution is -2.36. The minimum atomic E-state index is -4.69. The van der Waals surface area contributed by atoms with Gasteiger partial charge in [-0.1, -0.05) is 18.2 Å². The van der Waals surface area contributed by atoms with E-state index in [0.717, 1.165) is 12.1 Å². The molecule has 0 fully saturated rings. The zero-order valence-electron chi connectivity index (χ0n) is 14.7. The van der Waals surface area contributed by atoms with Gasteiger partial charge in [0, 0.05) is 20.1 Å². The number of hydrogen-bond donors (Lipinski definition) is 3. The van der Waals surface area contributed by atoms with E-state index in [4.69, 9.17) is 5.14 Å². The Bertz CT molecular complexity index is 975. The van der Waals surface area contributed by atoms with Crippen LogP contribution in [0.15, 0.2) is 52.4 Å². The van der Waals surface area contributed by atoms with Crippen LogP contribution in [0.1, 0.15) is 16.7 Å². The van der Waals surface area contributed by atoms with Gasteiger partial charge in [0.05, 0.1) is 10.5 Å². The maximum Gasteiger partial charge on any atom is 0.416 e. The Hall–Kier alpha value is -2.66. The number of benzene rings is 2. The molecule has 0 atom stereocenters. The van der Waals surface area contributed by atoms with Gasteiger partial charge in [-0.15, -0.1) is 0 Å². The molecule has 0 aromatic heterocycles. The molecule has 0 radical (unpaired) electrons. The first-order valence-electron chi connectivity index (χ1n) is 7.92. The van der Waals surface area contributed by atoms with Crippen molar-refractivity contribution in [2.24, 2.45) is 10.1 Å². The summed E-state index contributed by atoms with van der Waals surface area (Å²) in [5.41, 5.74) is -0.642. The number of primary sulfonamides is 1. The third kappa shape index (κ3) is 5.92. The summed E-state index contributed by atoms with van der Waals surface area (Å²) in [6.07, 6.45) is -4.69. The highest BCUT2D eigenvalue weighted by atomic mass is 32.2. The van der Waals surface area contributed by atoms with E-state index in [0.29, 0.717) is 11.6 Å². The molecule has 152 valence electrons. The Morgan fingerprint density at radius 1 is 1.11 bits per heavy atom. The second-order valence-electron chi connectivity index (χ2n) is 5.77. The number of alkyl halides is 3. The molecule has 6 nitrogen and oxygen atoms in total. The van der Waals surface area contributed by atoms with Crippen LogP contribution in [0, 0.1) is 5.82 Å². The molecule has 0 aliphatic rings. The van der Waals surface area contributed by atoms with Gasteiger partial charge in [-0.2, -0.15) is 13.2 Å². The van der Waals surface area contributed by atoms with Crippen LogP contribution in [0.4, 0.5) is 17.6 Å². The van der Waals surface area contributed by atoms with Crippen molar-refractivity contribution in [3.05, 3.63) is 65.0 Å². The number of hydrogen-bond acceptors (Lipinski definition) is 3. The third-order valence-corrected chi connectivity index (χ3v) is 4.65. The SMILES string of the molecule is CN=C(NCc1cccc(S(N)(=O)=O)c1)NCc1ccc(F)cc1C(F)(F)F. The lowest BCUT2D eigenvalue weighted by molar-refractivity contribution is -0.138. The molecule has 0 amide bonds. The van der Waals surface area contributed by atoms with Crippen LogP contribution in [-0.4, -0.2) is 21.4 Å². The summed E-state index contributed by atoms with van der Waals surface area (Å²) >= 11 is 0. The van der Waals surface area contributed by atoms with Crippen molar-refractivity contribution in [1.29, 1.82) is 0 Å². The van der Waals surface area contributed by atoms with Crippen LogP contribution < -0.4 is 15.8 Å². The first-order chi connectivity index (χ1) is 13.0. The number of guanidine groups is 1. The molecule has 0 saturated carbocycles. The van der Waals surface area contributed by atoms with E-state index in [-0.39, 0.29) is 29.5 Å². The predicted octanol–water partition coefficient (Wildman–Crippen LogP) is 2.36. The van der Waals surface area contributed by atoms with Crippen molar-refractivity contribution >= 4 is 16.0 Å². The molecule has 0 bridgehead atoms. The molecule has 2 aromatic rings. The van der Waals surface area contributed by atoms with Gasteiger partial charge in [0.1, 0.15) is 5.82 Å². The van der Waals surface area contributed by atoms with Crippen LogP contribution in [0.3, 0.4) is 0 Å². The fourth-order valence-corrected chi connectivity index (χ4v) is 2.97. The predicted molar refractivity (Wildman–Crippen MR) is 96.3 cm³/mol. The average molecular weight is 418 g/mol. The molecule has 0 heterocycles. The number of nitrogens with zero attached hydrogens (tertiary/aromatic N) is 1. The summed E-state index contributed by atoms with van der Waals surface area (Å²) in [6, 6.07) is 8.31. The molecule has 4 N–H and O–H groups in total. The van der Waals surface area contributed by atoms with Gasteiger partial charge in [-0.05, 0) is 35.4 Å². The van der Waals surface area contributed by atoms with Gasteiger partial charge in [0.15, 0.2) is 5.96 Å². The highest BCUT2D eigenvalue weighted by molar-refractivity contribution is 7.89. The molecule has 0 aliphatic heterocycles. The van der Waals surface area contributed by atoms with E-state index >= 15 is 0 Å². The molecule has 0 aliphatic carbocycles. The van der Waals surface area contributed by atoms with Crippen molar-refractivity contribution in [1.82, 2.24) is 10.6 Å². The summed E-state index contributed by atoms with van der Waals surface area (Å²) in [6.45, 7) is -0.0927. The molecular weight excluding hydrogens is 400 g/mol. The molecule has 11 heteroatoms. The van der Waals surface area contributed by atoms with Crippen LogP contribution in [0.25, 0.3) is 0 Å². The van der Waals surface area contributed by atoms with Crippen LogP contribution in [0.2, 0.25) is 0 Å². The van der Waals surface area contributed by atoms with Gasteiger partial charge in [0.25, 0.3) is 0 Å². The molecule has 2 rings (SSSR count). The molecular formula is C17H18F4N4O2S. The Balaban J connectivity index is 2.05. The van der Waals surface area contributed by atoms with Crippen molar-refractivity contribution in [3.63, 3.8) is 0 Å². The van der Waals surface area contributed by atoms with Gasteiger partial charge in [-0.25, -0.2) is 17.9 Å². The van der Waals surface area contributed by atoms with Crippen molar-refractivity contribution < 1.29 is 26.0 Å². The Kier molecular flexibility index (Phi) is 6.62. The quantitative estimate of drug-likeness (QED) is 0.395. The van der Waals surface area contributed by atoms with E-state index < -0.39 is 27.6 Å². The zero-order valence-corrected chi connectivity index (χ0v) is 15.5. The minimum absolute atomic E-state index is 0.0594. The number of nitrogens with two attached hydrogens (primary N) is 1. The number of aliphatic imine (C=N–C) groups is 1. The molecule has 28 heavy (non-hydrogen) atoms. The second kappa shape index (κ2) is 8.57. The summed E-state index contributed by atoms with van der Waals surface area (Å²) in [5.74, 6) is -0.799. The molecule has 0 saturated heterocycles. The lowest BCUT2D eigenvalue weighted by atomic mass is 10.1. The van der Waals surface area contributed by atoms with Crippen molar-refractivity contribution in [2.45, 2.75) is 24.2 Å². The fraction of sp³-hybridized carbons (Fsp3) is 0.235. The molecule has 0 spiro atoms. The zero-order chi connectivity index (χ0) is 20.9. The normalized spacial score (nSPS) is 12.7. The number of sulfonamides is 1. The van der Waals surface area contributed by atoms with Gasteiger partial charge < -0.3 is 10.6 Å². The monoisotopic (exact) mass is 418 g/mol. The van der Waals surface area contributed by atoms with Gasteiger partial charge >= 0.3 is 6.18 Å². The van der Waals surface area contributed by atoms with Crippen LogP contribution in [0.5, 0.6) is 0 Å². The Morgan fingerprint density at radius 2 is 1.79 bits per heavy atom. The van der Waals surface area contributed by atoms with E-state index in [1.807, 2.05) is 0 Å². The largest absolute Gasteiger partial charge is 0.416 e. The third-order valence-electron chi connectivity index (χ3n) is 3.73. The van der Waals surface area contributed by atoms with Gasteiger partial charge in [0.2, 0.25) is 10.0 Å². The maximum atomic E-state index is 13.2. The van der Waals surface area contributed by atoms with Crippen LogP contribution >= 0.6 is 0 Å². The van der Waals surface area contributed by atoms with Crippen molar-refractivity contribution in [3.8, 4) is 0 Å². The summed E-state index contributed by atoms with van der Waals surface area (Å²) < 4.78 is 75.0. The summed E-state index contributed by atoms with van der Waals surface area (Å²) in [5, 5.41) is 10.6. The highest BCUT2D eigenvalue weighted by Gasteiger charge is 2.33. The Labute approximate surface area is 159 Å². The standard InChI is InChI=1S/C17H18F4N4O2S/c1-23-16(24-9-11-3-2-4-14(7-11)28(22,26)27)25-10-12-5-6-13(18)8-15(12)17(19,20)21/h2-8H,9-10H2,1H3,(H2,22,26,27)(H2,23,24,25). The molecule has 2 aromatic carbocycles. The summed E-state index contributed by atoms with van der Waals surface area (Å²) in [7, 11) is -2.43. The highest BCUT2D eigenvalue weighted by Crippen LogP contribution is 2.32. The Morgan fingerprint density at radius 3 is 2.39 bits per heavy atom. The number of nitrogens with one attached hydrogen (secondary N) is 2. The van der Waals surface area contributed by atoms with E-state index in [9.17, 15) is 26.0 Å². The maximum absolute atomic E-state index is 13.2. The van der Waals surface area contributed by atoms with Crippen LogP contribution in [-0.2, 0) is 29.3 Å². The first kappa shape index (κ1) is 21.6. The van der Waals surface area contributed by atoms with Crippen molar-refractivity contribution in [2.75, 3.05) is 7.05 Å². The smallest absolute Gasteiger partial charge is 0.352 e. The fourth-order valence-electron chi connectivity index (χ4n) is 2.38.